The van der Waals surface area contributed by atoms with E-state index in [0.717, 1.165) is 29.2 Å². The highest BCUT2D eigenvalue weighted by Crippen LogP contribution is 2.33. The number of alkyl halides is 3. The fourth-order valence-electron chi connectivity index (χ4n) is 3.05. The van der Waals surface area contributed by atoms with Crippen LogP contribution in [-0.2, 0) is 15.7 Å². The highest BCUT2D eigenvalue weighted by molar-refractivity contribution is 6.33. The fraction of sp³-hybridized carbons (Fsp3) is 0.182. The lowest BCUT2D eigenvalue weighted by Crippen LogP contribution is -2.21. The predicted octanol–water partition coefficient (Wildman–Crippen LogP) is 5.56. The van der Waals surface area contributed by atoms with Crippen molar-refractivity contribution in [3.05, 3.63) is 82.1 Å². The Morgan fingerprint density at radius 1 is 1.03 bits per heavy atom. The van der Waals surface area contributed by atoms with E-state index in [-0.39, 0.29) is 16.3 Å². The van der Waals surface area contributed by atoms with Gasteiger partial charge in [0.05, 0.1) is 21.8 Å². The minimum atomic E-state index is -4.59. The van der Waals surface area contributed by atoms with Crippen LogP contribution in [0.2, 0.25) is 5.02 Å². The number of ether oxygens (including phenoxy) is 1. The van der Waals surface area contributed by atoms with E-state index in [1.54, 1.807) is 18.2 Å². The number of rotatable bonds is 5. The Hall–Kier alpha value is -3.26. The summed E-state index contributed by atoms with van der Waals surface area (Å²) in [5, 5.41) is 2.15. The minimum Gasteiger partial charge on any atom is -0.452 e. The first-order chi connectivity index (χ1) is 14.6. The second kappa shape index (κ2) is 8.85. The molecule has 0 unspecified atom stereocenters. The van der Waals surface area contributed by atoms with Gasteiger partial charge >= 0.3 is 12.1 Å². The number of carbonyl (C=O) groups is 2. The van der Waals surface area contributed by atoms with Gasteiger partial charge in [0, 0.05) is 17.1 Å². The molecule has 3 rings (SSSR count). The van der Waals surface area contributed by atoms with Gasteiger partial charge in [-0.1, -0.05) is 17.7 Å². The van der Waals surface area contributed by atoms with Crippen molar-refractivity contribution in [2.75, 3.05) is 11.9 Å². The van der Waals surface area contributed by atoms with Crippen LogP contribution in [0.4, 0.5) is 18.9 Å². The summed E-state index contributed by atoms with van der Waals surface area (Å²) in [7, 11) is 0. The Morgan fingerprint density at radius 3 is 2.35 bits per heavy atom. The van der Waals surface area contributed by atoms with Gasteiger partial charge in [-0.25, -0.2) is 4.79 Å². The lowest BCUT2D eigenvalue weighted by Gasteiger charge is -2.12. The smallest absolute Gasteiger partial charge is 0.416 e. The zero-order chi connectivity index (χ0) is 22.8. The van der Waals surface area contributed by atoms with E-state index in [2.05, 4.69) is 5.32 Å². The number of carbonyl (C=O) groups excluding carboxylic acids is 2. The first-order valence-electron chi connectivity index (χ1n) is 9.15. The van der Waals surface area contributed by atoms with Crippen LogP contribution in [0.15, 0.2) is 54.6 Å². The van der Waals surface area contributed by atoms with Gasteiger partial charge in [-0.15, -0.1) is 0 Å². The van der Waals surface area contributed by atoms with Crippen LogP contribution >= 0.6 is 11.6 Å². The van der Waals surface area contributed by atoms with Gasteiger partial charge in [0.25, 0.3) is 5.91 Å². The van der Waals surface area contributed by atoms with E-state index in [1.165, 1.54) is 0 Å². The Balaban J connectivity index is 1.67. The first-order valence-corrected chi connectivity index (χ1v) is 9.53. The Bertz CT molecular complexity index is 1120. The van der Waals surface area contributed by atoms with Crippen LogP contribution in [0.5, 0.6) is 0 Å². The molecule has 0 atom stereocenters. The van der Waals surface area contributed by atoms with Gasteiger partial charge in [-0.05, 0) is 62.4 Å². The normalized spacial score (nSPS) is 11.3. The third-order valence-corrected chi connectivity index (χ3v) is 4.84. The van der Waals surface area contributed by atoms with E-state index in [0.29, 0.717) is 6.07 Å². The van der Waals surface area contributed by atoms with Gasteiger partial charge in [0.1, 0.15) is 0 Å². The van der Waals surface area contributed by atoms with Crippen molar-refractivity contribution in [1.29, 1.82) is 0 Å². The SMILES string of the molecule is Cc1ccc(C)n1-c1cccc(C(=O)OCC(=O)Nc2cc(C(F)(F)F)ccc2Cl)c1. The van der Waals surface area contributed by atoms with Crippen LogP contribution in [-0.4, -0.2) is 23.1 Å². The van der Waals surface area contributed by atoms with Crippen LogP contribution < -0.4 is 5.32 Å². The van der Waals surface area contributed by atoms with Crippen LogP contribution in [0.3, 0.4) is 0 Å². The quantitative estimate of drug-likeness (QED) is 0.517. The highest BCUT2D eigenvalue weighted by Gasteiger charge is 2.31. The zero-order valence-electron chi connectivity index (χ0n) is 16.6. The van der Waals surface area contributed by atoms with Crippen molar-refractivity contribution in [3.63, 3.8) is 0 Å². The molecule has 31 heavy (non-hydrogen) atoms. The third-order valence-electron chi connectivity index (χ3n) is 4.51. The van der Waals surface area contributed by atoms with Crippen molar-refractivity contribution >= 4 is 29.2 Å². The summed E-state index contributed by atoms with van der Waals surface area (Å²) in [5.74, 6) is -1.56. The van der Waals surface area contributed by atoms with Gasteiger partial charge in [0.2, 0.25) is 0 Å². The summed E-state index contributed by atoms with van der Waals surface area (Å²) in [6, 6.07) is 13.1. The molecule has 162 valence electrons. The zero-order valence-corrected chi connectivity index (χ0v) is 17.3. The molecule has 1 amide bonds. The lowest BCUT2D eigenvalue weighted by atomic mass is 10.2. The number of anilines is 1. The average molecular weight is 451 g/mol. The highest BCUT2D eigenvalue weighted by atomic mass is 35.5. The van der Waals surface area contributed by atoms with Crippen molar-refractivity contribution < 1.29 is 27.5 Å². The third kappa shape index (κ3) is 5.27. The van der Waals surface area contributed by atoms with Gasteiger partial charge in [-0.3, -0.25) is 4.79 Å². The molecule has 1 aromatic heterocycles. The number of hydrogen-bond donors (Lipinski definition) is 1. The summed E-state index contributed by atoms with van der Waals surface area (Å²) in [6.45, 7) is 3.18. The molecule has 0 fully saturated rings. The minimum absolute atomic E-state index is 0.0714. The number of nitrogens with zero attached hydrogens (tertiary/aromatic N) is 1. The molecule has 3 aromatic rings. The number of amides is 1. The number of hydrogen-bond acceptors (Lipinski definition) is 3. The summed E-state index contributed by atoms with van der Waals surface area (Å²) in [5.41, 5.74) is 1.78. The number of halogens is 4. The molecule has 2 aromatic carbocycles. The molecule has 0 radical (unpaired) electrons. The maximum Gasteiger partial charge on any atom is 0.416 e. The number of aromatic nitrogens is 1. The Morgan fingerprint density at radius 2 is 1.71 bits per heavy atom. The number of aryl methyl sites for hydroxylation is 2. The Labute approximate surface area is 181 Å². The first kappa shape index (κ1) is 22.4. The summed E-state index contributed by atoms with van der Waals surface area (Å²) in [4.78, 5) is 24.4. The topological polar surface area (TPSA) is 60.3 Å². The number of esters is 1. The van der Waals surface area contributed by atoms with E-state index < -0.39 is 30.2 Å². The summed E-state index contributed by atoms with van der Waals surface area (Å²) < 4.78 is 45.5. The summed E-state index contributed by atoms with van der Waals surface area (Å²) >= 11 is 5.85. The maximum absolute atomic E-state index is 12.8. The van der Waals surface area contributed by atoms with Gasteiger partial charge in [-0.2, -0.15) is 13.2 Å². The molecule has 1 N–H and O–H groups in total. The van der Waals surface area contributed by atoms with Gasteiger partial charge in [0.15, 0.2) is 6.61 Å². The average Bonchev–Trinajstić information content (AvgIpc) is 3.05. The van der Waals surface area contributed by atoms with E-state index in [4.69, 9.17) is 16.3 Å². The van der Waals surface area contributed by atoms with Crippen molar-refractivity contribution in [1.82, 2.24) is 4.57 Å². The van der Waals surface area contributed by atoms with Crippen LogP contribution in [0.25, 0.3) is 5.69 Å². The largest absolute Gasteiger partial charge is 0.452 e. The molecule has 0 aliphatic rings. The fourth-order valence-corrected chi connectivity index (χ4v) is 3.21. The molecule has 9 heteroatoms. The molecule has 0 saturated carbocycles. The molecule has 0 saturated heterocycles. The second-order valence-corrected chi connectivity index (χ2v) is 7.23. The molecule has 1 heterocycles. The molecule has 0 spiro atoms. The maximum atomic E-state index is 12.8. The standard InChI is InChI=1S/C22H18ClF3N2O3/c1-13-6-7-14(2)28(13)17-5-3-4-15(10-17)21(30)31-12-20(29)27-19-11-16(22(24,25)26)8-9-18(19)23/h3-11H,12H2,1-2H3,(H,27,29). The van der Waals surface area contributed by atoms with Crippen molar-refractivity contribution in [2.24, 2.45) is 0 Å². The second-order valence-electron chi connectivity index (χ2n) is 6.82. The van der Waals surface area contributed by atoms with Crippen LogP contribution in [0.1, 0.15) is 27.3 Å². The van der Waals surface area contributed by atoms with E-state index >= 15 is 0 Å². The molecule has 5 nitrogen and oxygen atoms in total. The predicted molar refractivity (Wildman–Crippen MR) is 111 cm³/mol. The Kier molecular flexibility index (Phi) is 6.40. The van der Waals surface area contributed by atoms with Crippen molar-refractivity contribution in [3.8, 4) is 5.69 Å². The molecular weight excluding hydrogens is 433 g/mol. The lowest BCUT2D eigenvalue weighted by molar-refractivity contribution is -0.137. The summed E-state index contributed by atoms with van der Waals surface area (Å²) in [6.07, 6.45) is -4.59. The van der Waals surface area contributed by atoms with Gasteiger partial charge < -0.3 is 14.6 Å². The van der Waals surface area contributed by atoms with E-state index in [9.17, 15) is 22.8 Å². The monoisotopic (exact) mass is 450 g/mol. The molecule has 0 aliphatic heterocycles. The van der Waals surface area contributed by atoms with Crippen molar-refractivity contribution in [2.45, 2.75) is 20.0 Å². The number of benzene rings is 2. The molecule has 0 aliphatic carbocycles. The van der Waals surface area contributed by atoms with Crippen LogP contribution in [0, 0.1) is 13.8 Å². The molecular formula is C22H18ClF3N2O3. The van der Waals surface area contributed by atoms with E-state index in [1.807, 2.05) is 36.6 Å². The molecule has 0 bridgehead atoms. The number of nitrogens with one attached hydrogen (secondary N) is 1.